The summed E-state index contributed by atoms with van der Waals surface area (Å²) in [5.74, 6) is 2.29. The van der Waals surface area contributed by atoms with Gasteiger partial charge in [-0.05, 0) is 42.6 Å². The van der Waals surface area contributed by atoms with Gasteiger partial charge in [-0.25, -0.2) is 0 Å². The Bertz CT molecular complexity index is 710. The second-order valence-electron chi connectivity index (χ2n) is 7.85. The highest BCUT2D eigenvalue weighted by Gasteiger charge is 2.28. The first kappa shape index (κ1) is 20.6. The van der Waals surface area contributed by atoms with E-state index in [4.69, 9.17) is 9.47 Å². The molecule has 0 aliphatic carbocycles. The third kappa shape index (κ3) is 5.96. The van der Waals surface area contributed by atoms with Crippen molar-refractivity contribution in [2.45, 2.75) is 19.1 Å². The summed E-state index contributed by atoms with van der Waals surface area (Å²) in [5.41, 5.74) is 2.51. The van der Waals surface area contributed by atoms with Gasteiger partial charge in [0, 0.05) is 38.8 Å². The summed E-state index contributed by atoms with van der Waals surface area (Å²) in [6.07, 6.45) is 0.681. The monoisotopic (exact) mass is 384 g/mol. The zero-order valence-electron chi connectivity index (χ0n) is 17.2. The molecule has 152 valence electrons. The van der Waals surface area contributed by atoms with Gasteiger partial charge in [0.2, 0.25) is 0 Å². The number of ether oxygens (including phenoxy) is 2. The van der Waals surface area contributed by atoms with Crippen LogP contribution in [0.2, 0.25) is 0 Å². The molecular weight excluding hydrogens is 352 g/mol. The number of benzene rings is 2. The number of methoxy groups -OCH3 is 2. The zero-order chi connectivity index (χ0) is 19.9. The summed E-state index contributed by atoms with van der Waals surface area (Å²) in [7, 11) is 5.42. The van der Waals surface area contributed by atoms with E-state index in [2.05, 4.69) is 53.2 Å². The van der Waals surface area contributed by atoms with E-state index in [1.807, 2.05) is 12.1 Å². The lowest BCUT2D eigenvalue weighted by Gasteiger charge is -2.41. The Labute approximate surface area is 168 Å². The maximum Gasteiger partial charge on any atom is 0.122 e. The van der Waals surface area contributed by atoms with Gasteiger partial charge in [-0.1, -0.05) is 30.3 Å². The number of aliphatic hydroxyl groups excluding tert-OH is 1. The van der Waals surface area contributed by atoms with E-state index in [0.29, 0.717) is 12.5 Å². The van der Waals surface area contributed by atoms with Crippen molar-refractivity contribution in [1.29, 1.82) is 0 Å². The zero-order valence-corrected chi connectivity index (χ0v) is 17.2. The minimum Gasteiger partial charge on any atom is -0.497 e. The third-order valence-electron chi connectivity index (χ3n) is 5.26. The Morgan fingerprint density at radius 2 is 1.68 bits per heavy atom. The minimum absolute atomic E-state index is 0.327. The Morgan fingerprint density at radius 3 is 2.29 bits per heavy atom. The van der Waals surface area contributed by atoms with Gasteiger partial charge in [-0.15, -0.1) is 0 Å². The van der Waals surface area contributed by atoms with Gasteiger partial charge in [0.25, 0.3) is 0 Å². The first-order valence-corrected chi connectivity index (χ1v) is 9.90. The molecule has 0 bridgehead atoms. The molecule has 1 unspecified atom stereocenters. The van der Waals surface area contributed by atoms with Gasteiger partial charge in [0.15, 0.2) is 0 Å². The van der Waals surface area contributed by atoms with E-state index in [1.54, 1.807) is 14.2 Å². The number of nitrogens with zero attached hydrogens (tertiary/aromatic N) is 2. The lowest BCUT2D eigenvalue weighted by Crippen LogP contribution is -2.51. The molecule has 1 heterocycles. The Hall–Kier alpha value is -2.08. The predicted molar refractivity (Wildman–Crippen MR) is 112 cm³/mol. The molecule has 1 saturated heterocycles. The topological polar surface area (TPSA) is 45.2 Å². The number of likely N-dealkylation sites (tertiary alicyclic amines) is 1. The van der Waals surface area contributed by atoms with Crippen LogP contribution in [-0.4, -0.2) is 68.5 Å². The molecule has 1 fully saturated rings. The van der Waals surface area contributed by atoms with Gasteiger partial charge < -0.3 is 19.5 Å². The molecule has 0 radical (unpaired) electrons. The maximum atomic E-state index is 10.4. The summed E-state index contributed by atoms with van der Waals surface area (Å²) >= 11 is 0. The quantitative estimate of drug-likeness (QED) is 0.682. The average Bonchev–Trinajstić information content (AvgIpc) is 2.66. The number of rotatable bonds is 10. The highest BCUT2D eigenvalue weighted by Crippen LogP contribution is 2.27. The molecule has 0 saturated carbocycles. The summed E-state index contributed by atoms with van der Waals surface area (Å²) in [5, 5.41) is 10.4. The van der Waals surface area contributed by atoms with Crippen molar-refractivity contribution >= 4 is 0 Å². The van der Waals surface area contributed by atoms with E-state index < -0.39 is 0 Å². The molecule has 2 aromatic rings. The average molecular weight is 385 g/mol. The first-order valence-electron chi connectivity index (χ1n) is 9.90. The normalized spacial score (nSPS) is 16.0. The van der Waals surface area contributed by atoms with Gasteiger partial charge >= 0.3 is 0 Å². The second-order valence-corrected chi connectivity index (χ2v) is 7.85. The van der Waals surface area contributed by atoms with Crippen molar-refractivity contribution in [3.63, 3.8) is 0 Å². The van der Waals surface area contributed by atoms with Crippen LogP contribution in [0.25, 0.3) is 0 Å². The van der Waals surface area contributed by atoms with Crippen molar-refractivity contribution < 1.29 is 14.6 Å². The van der Waals surface area contributed by atoms with Crippen LogP contribution in [0.4, 0.5) is 0 Å². The van der Waals surface area contributed by atoms with Crippen molar-refractivity contribution in [2.24, 2.45) is 5.92 Å². The molecule has 28 heavy (non-hydrogen) atoms. The highest BCUT2D eigenvalue weighted by atomic mass is 16.5. The number of hydrogen-bond acceptors (Lipinski definition) is 5. The molecule has 1 N–H and O–H groups in total. The van der Waals surface area contributed by atoms with E-state index in [0.717, 1.165) is 44.1 Å². The van der Waals surface area contributed by atoms with Crippen molar-refractivity contribution in [1.82, 2.24) is 9.80 Å². The lowest BCUT2D eigenvalue weighted by molar-refractivity contribution is 0.0265. The Morgan fingerprint density at radius 1 is 1.04 bits per heavy atom. The molecule has 0 amide bonds. The molecule has 1 atom stereocenters. The van der Waals surface area contributed by atoms with Crippen LogP contribution in [0.15, 0.2) is 48.5 Å². The van der Waals surface area contributed by atoms with E-state index >= 15 is 0 Å². The summed E-state index contributed by atoms with van der Waals surface area (Å²) in [6, 6.07) is 16.4. The number of likely N-dealkylation sites (N-methyl/N-ethyl adjacent to an activating group) is 1. The molecule has 5 heteroatoms. The van der Waals surface area contributed by atoms with Crippen LogP contribution in [-0.2, 0) is 13.0 Å². The summed E-state index contributed by atoms with van der Waals surface area (Å²) in [6.45, 7) is 4.33. The number of β-amino-alcohol motifs (C(OH)–C–C–N with tert-alkyl or cyclic N) is 1. The molecule has 0 aromatic heterocycles. The molecular formula is C23H32N2O3. The van der Waals surface area contributed by atoms with E-state index in [9.17, 15) is 5.11 Å². The smallest absolute Gasteiger partial charge is 0.122 e. The van der Waals surface area contributed by atoms with Gasteiger partial charge in [-0.3, -0.25) is 4.90 Å². The molecule has 5 nitrogen and oxygen atoms in total. The van der Waals surface area contributed by atoms with Crippen LogP contribution in [0.1, 0.15) is 11.1 Å². The lowest BCUT2D eigenvalue weighted by atomic mass is 9.91. The van der Waals surface area contributed by atoms with Crippen LogP contribution in [0.5, 0.6) is 11.5 Å². The number of aliphatic hydroxyl groups is 1. The largest absolute Gasteiger partial charge is 0.497 e. The van der Waals surface area contributed by atoms with E-state index in [1.165, 1.54) is 11.1 Å². The molecule has 2 aromatic carbocycles. The molecule has 1 aliphatic heterocycles. The van der Waals surface area contributed by atoms with E-state index in [-0.39, 0.29) is 6.10 Å². The fraction of sp³-hybridized carbons (Fsp3) is 0.478. The Kier molecular flexibility index (Phi) is 7.31. The fourth-order valence-corrected chi connectivity index (χ4v) is 3.95. The van der Waals surface area contributed by atoms with Gasteiger partial charge in [-0.2, -0.15) is 0 Å². The van der Waals surface area contributed by atoms with Crippen LogP contribution in [0, 0.1) is 5.92 Å². The summed E-state index contributed by atoms with van der Waals surface area (Å²) in [4.78, 5) is 4.52. The van der Waals surface area contributed by atoms with Crippen LogP contribution >= 0.6 is 0 Å². The molecule has 0 spiro atoms. The maximum absolute atomic E-state index is 10.4. The fourth-order valence-electron chi connectivity index (χ4n) is 3.95. The first-order chi connectivity index (χ1) is 13.6. The van der Waals surface area contributed by atoms with Crippen molar-refractivity contribution in [3.05, 3.63) is 59.7 Å². The van der Waals surface area contributed by atoms with Crippen LogP contribution < -0.4 is 9.47 Å². The standard InChI is InChI=1S/C23H32N2O3/c1-24(13-18-7-5-4-6-8-18)16-21(26)17-25-14-20(15-25)9-19-10-22(27-2)12-23(11-19)28-3/h4-8,10-12,20-21,26H,9,13-17H2,1-3H3. The summed E-state index contributed by atoms with van der Waals surface area (Å²) < 4.78 is 10.7. The van der Waals surface area contributed by atoms with Crippen molar-refractivity contribution in [3.8, 4) is 11.5 Å². The predicted octanol–water partition coefficient (Wildman–Crippen LogP) is 2.67. The minimum atomic E-state index is -0.327. The molecule has 1 aliphatic rings. The Balaban J connectivity index is 1.39. The van der Waals surface area contributed by atoms with Gasteiger partial charge in [0.1, 0.15) is 11.5 Å². The molecule has 3 rings (SSSR count). The SMILES string of the molecule is COc1cc(CC2CN(CC(O)CN(C)Cc3ccccc3)C2)cc(OC)c1. The second kappa shape index (κ2) is 9.92. The third-order valence-corrected chi connectivity index (χ3v) is 5.26. The van der Waals surface area contributed by atoms with Crippen molar-refractivity contribution in [2.75, 3.05) is 47.4 Å². The highest BCUT2D eigenvalue weighted by molar-refractivity contribution is 5.38. The van der Waals surface area contributed by atoms with Gasteiger partial charge in [0.05, 0.1) is 20.3 Å². The van der Waals surface area contributed by atoms with Crippen LogP contribution in [0.3, 0.4) is 0 Å². The number of hydrogen-bond donors (Lipinski definition) is 1.